The quantitative estimate of drug-likeness (QED) is 0.382. The molecule has 1 atom stereocenters. The average Bonchev–Trinajstić information content (AvgIpc) is 3.75. The Morgan fingerprint density at radius 3 is 2.45 bits per heavy atom. The van der Waals surface area contributed by atoms with Crippen molar-refractivity contribution in [2.45, 2.75) is 44.2 Å². The number of carbonyl (C=O) groups excluding carboxylic acids is 1. The van der Waals surface area contributed by atoms with E-state index in [1.165, 1.54) is 23.2 Å². The van der Waals surface area contributed by atoms with Gasteiger partial charge in [-0.15, -0.1) is 0 Å². The molecule has 12 heteroatoms. The second-order valence-corrected chi connectivity index (χ2v) is 11.1. The van der Waals surface area contributed by atoms with Crippen molar-refractivity contribution in [1.82, 2.24) is 4.57 Å². The predicted octanol–water partition coefficient (Wildman–Crippen LogP) is 4.32. The van der Waals surface area contributed by atoms with Crippen LogP contribution in [0.3, 0.4) is 0 Å². The lowest BCUT2D eigenvalue weighted by molar-refractivity contribution is 0.0694. The monoisotopic (exact) mass is 583 g/mol. The van der Waals surface area contributed by atoms with E-state index in [0.29, 0.717) is 48.9 Å². The van der Waals surface area contributed by atoms with E-state index in [4.69, 9.17) is 9.47 Å². The van der Waals surface area contributed by atoms with Crippen molar-refractivity contribution >= 4 is 34.3 Å². The number of carboxylic acid groups (broad SMARTS) is 1. The van der Waals surface area contributed by atoms with Gasteiger partial charge in [-0.25, -0.2) is 18.4 Å². The highest BCUT2D eigenvalue weighted by atomic mass is 19.1. The van der Waals surface area contributed by atoms with E-state index in [9.17, 15) is 29.0 Å². The molecule has 1 amide bonds. The molecule has 1 aromatic heterocycles. The number of halogens is 2. The molecule has 1 saturated carbocycles. The lowest BCUT2D eigenvalue weighted by Gasteiger charge is -2.34. The molecule has 0 spiro atoms. The van der Waals surface area contributed by atoms with Crippen LogP contribution in [0.5, 0.6) is 5.75 Å². The molecule has 2 saturated heterocycles. The summed E-state index contributed by atoms with van der Waals surface area (Å²) in [7, 11) is 0. The SMILES string of the molecule is O=C(O)c1cn(C2CC2)c2cc(N3CCC(CCOc4ccc(N5C[C@H](CO)OC5=O)cc4F)CC3)c(F)cc2c1=O. The van der Waals surface area contributed by atoms with Crippen LogP contribution in [0.15, 0.2) is 41.3 Å². The molecule has 0 radical (unpaired) electrons. The Hall–Kier alpha value is -4.19. The molecule has 10 nitrogen and oxygen atoms in total. The van der Waals surface area contributed by atoms with Gasteiger partial charge in [-0.05, 0) is 62.3 Å². The third-order valence-corrected chi connectivity index (χ3v) is 8.32. The van der Waals surface area contributed by atoms with Crippen molar-refractivity contribution in [2.24, 2.45) is 5.92 Å². The number of fused-ring (bicyclic) bond motifs is 1. The minimum Gasteiger partial charge on any atom is -0.491 e. The number of nitrogens with zero attached hydrogens (tertiary/aromatic N) is 3. The minimum atomic E-state index is -1.32. The highest BCUT2D eigenvalue weighted by Crippen LogP contribution is 2.38. The van der Waals surface area contributed by atoms with Crippen molar-refractivity contribution in [3.05, 3.63) is 63.9 Å². The highest BCUT2D eigenvalue weighted by molar-refractivity contribution is 5.93. The summed E-state index contributed by atoms with van der Waals surface area (Å²) in [5.41, 5.74) is 0.225. The molecule has 3 fully saturated rings. The van der Waals surface area contributed by atoms with Crippen LogP contribution < -0.4 is 20.0 Å². The number of benzene rings is 2. The van der Waals surface area contributed by atoms with Crippen LogP contribution in [0.2, 0.25) is 0 Å². The number of hydrogen-bond acceptors (Lipinski definition) is 7. The number of aliphatic hydroxyl groups excluding tert-OH is 1. The summed E-state index contributed by atoms with van der Waals surface area (Å²) < 4.78 is 42.4. The molecule has 6 rings (SSSR count). The molecule has 2 aliphatic heterocycles. The summed E-state index contributed by atoms with van der Waals surface area (Å²) in [4.78, 5) is 39.5. The Kier molecular flexibility index (Phi) is 7.48. The number of ether oxygens (including phenoxy) is 2. The zero-order valence-corrected chi connectivity index (χ0v) is 22.8. The second kappa shape index (κ2) is 11.2. The van der Waals surface area contributed by atoms with Gasteiger partial charge < -0.3 is 29.2 Å². The smallest absolute Gasteiger partial charge is 0.414 e. The van der Waals surface area contributed by atoms with Gasteiger partial charge in [0.2, 0.25) is 5.43 Å². The molecular formula is C30H31F2N3O7. The topological polar surface area (TPSA) is 122 Å². The van der Waals surface area contributed by atoms with Crippen LogP contribution in [-0.4, -0.2) is 65.8 Å². The summed E-state index contributed by atoms with van der Waals surface area (Å²) in [6.45, 7) is 1.32. The number of cyclic esters (lactones) is 1. The highest BCUT2D eigenvalue weighted by Gasteiger charge is 2.32. The van der Waals surface area contributed by atoms with Crippen molar-refractivity contribution in [1.29, 1.82) is 0 Å². The fraction of sp³-hybridized carbons (Fsp3) is 0.433. The Balaban J connectivity index is 1.07. The van der Waals surface area contributed by atoms with E-state index in [1.54, 1.807) is 16.7 Å². The molecule has 3 heterocycles. The lowest BCUT2D eigenvalue weighted by Crippen LogP contribution is -2.35. The van der Waals surface area contributed by atoms with Gasteiger partial charge in [0.05, 0.1) is 36.6 Å². The molecule has 42 heavy (non-hydrogen) atoms. The summed E-state index contributed by atoms with van der Waals surface area (Å²) in [5, 5.41) is 18.7. The molecule has 2 aromatic carbocycles. The summed E-state index contributed by atoms with van der Waals surface area (Å²) >= 11 is 0. The number of hydrogen-bond donors (Lipinski definition) is 2. The Morgan fingerprint density at radius 2 is 1.81 bits per heavy atom. The van der Waals surface area contributed by atoms with Gasteiger partial charge in [0, 0.05) is 36.8 Å². The van der Waals surface area contributed by atoms with E-state index in [-0.39, 0.29) is 35.9 Å². The standard InChI is InChI=1S/C30H31F2N3O7/c31-23-12-21-25(34(18-1-2-18)15-22(28(21)37)29(38)39)13-26(23)33-8-5-17(6-9-33)7-10-41-27-4-3-19(11-24(27)32)35-14-20(16-36)42-30(35)40/h3-4,11-13,15,17-18,20,36H,1-2,5-10,14,16H2,(H,38,39)/t20-/m1/s1. The lowest BCUT2D eigenvalue weighted by atomic mass is 9.93. The third-order valence-electron chi connectivity index (χ3n) is 8.32. The first kappa shape index (κ1) is 28.0. The molecule has 222 valence electrons. The van der Waals surface area contributed by atoms with Gasteiger partial charge in [0.25, 0.3) is 0 Å². The van der Waals surface area contributed by atoms with E-state index in [0.717, 1.165) is 31.7 Å². The third kappa shape index (κ3) is 5.38. The van der Waals surface area contributed by atoms with Gasteiger partial charge in [0.15, 0.2) is 11.6 Å². The predicted molar refractivity (Wildman–Crippen MR) is 150 cm³/mol. The number of aliphatic hydroxyl groups is 1. The maximum absolute atomic E-state index is 15.2. The fourth-order valence-corrected chi connectivity index (χ4v) is 5.81. The van der Waals surface area contributed by atoms with Crippen molar-refractivity contribution in [3.8, 4) is 5.75 Å². The fourth-order valence-electron chi connectivity index (χ4n) is 5.81. The zero-order chi connectivity index (χ0) is 29.5. The number of carboxylic acids is 1. The molecular weight excluding hydrogens is 552 g/mol. The average molecular weight is 584 g/mol. The van der Waals surface area contributed by atoms with Gasteiger partial charge >= 0.3 is 12.1 Å². The minimum absolute atomic E-state index is 0.0741. The molecule has 0 bridgehead atoms. The van der Waals surface area contributed by atoms with Crippen molar-refractivity contribution < 1.29 is 38.1 Å². The van der Waals surface area contributed by atoms with Gasteiger partial charge in [-0.1, -0.05) is 0 Å². The van der Waals surface area contributed by atoms with E-state index in [2.05, 4.69) is 0 Å². The van der Waals surface area contributed by atoms with Crippen LogP contribution in [0.25, 0.3) is 10.9 Å². The number of aromatic carboxylic acids is 1. The maximum Gasteiger partial charge on any atom is 0.414 e. The largest absolute Gasteiger partial charge is 0.491 e. The van der Waals surface area contributed by atoms with Crippen LogP contribution in [0.1, 0.15) is 48.5 Å². The summed E-state index contributed by atoms with van der Waals surface area (Å²) in [6, 6.07) is 7.18. The first-order valence-corrected chi connectivity index (χ1v) is 14.1. The Bertz CT molecular complexity index is 1600. The van der Waals surface area contributed by atoms with E-state index < -0.39 is 35.2 Å². The number of anilines is 2. The van der Waals surface area contributed by atoms with Gasteiger partial charge in [-0.3, -0.25) is 9.69 Å². The number of pyridine rings is 1. The summed E-state index contributed by atoms with van der Waals surface area (Å²) in [6.07, 6.45) is 4.09. The zero-order valence-electron chi connectivity index (χ0n) is 22.8. The van der Waals surface area contributed by atoms with E-state index >= 15 is 4.39 Å². The number of amides is 1. The molecule has 2 N–H and O–H groups in total. The van der Waals surface area contributed by atoms with E-state index in [1.807, 2.05) is 4.90 Å². The number of rotatable bonds is 9. The van der Waals surface area contributed by atoms with Crippen molar-refractivity contribution in [2.75, 3.05) is 42.6 Å². The first-order valence-electron chi connectivity index (χ1n) is 14.1. The van der Waals surface area contributed by atoms with Crippen LogP contribution in [0.4, 0.5) is 25.0 Å². The first-order chi connectivity index (χ1) is 20.2. The Labute approximate surface area is 239 Å². The molecule has 3 aliphatic rings. The molecule has 3 aromatic rings. The number of aromatic nitrogens is 1. The maximum atomic E-state index is 15.2. The van der Waals surface area contributed by atoms with Crippen LogP contribution >= 0.6 is 0 Å². The van der Waals surface area contributed by atoms with Gasteiger partial charge in [-0.2, -0.15) is 0 Å². The second-order valence-electron chi connectivity index (χ2n) is 11.1. The summed E-state index contributed by atoms with van der Waals surface area (Å²) in [5.74, 6) is -2.11. The normalized spacial score (nSPS) is 19.4. The van der Waals surface area contributed by atoms with Crippen LogP contribution in [0, 0.1) is 17.6 Å². The Morgan fingerprint density at radius 1 is 1.05 bits per heavy atom. The van der Waals surface area contributed by atoms with Crippen molar-refractivity contribution in [3.63, 3.8) is 0 Å². The molecule has 0 unspecified atom stereocenters. The van der Waals surface area contributed by atoms with Crippen LogP contribution in [-0.2, 0) is 4.74 Å². The number of carbonyl (C=O) groups is 2. The molecule has 1 aliphatic carbocycles. The number of piperidine rings is 1. The van der Waals surface area contributed by atoms with Gasteiger partial charge in [0.1, 0.15) is 17.5 Å².